The van der Waals surface area contributed by atoms with Crippen LogP contribution in [0.15, 0.2) is 212 Å². The maximum atomic E-state index is 4.98. The first-order chi connectivity index (χ1) is 28.1. The average molecular weight is 731 g/mol. The molecule has 0 N–H and O–H groups in total. The fourth-order valence-corrected chi connectivity index (χ4v) is 8.65. The topological polar surface area (TPSA) is 43.6 Å². The van der Waals surface area contributed by atoms with Crippen LogP contribution >= 0.6 is 0 Å². The molecule has 4 heteroatoms. The number of fused-ring (bicyclic) bond motifs is 6. The fourth-order valence-electron chi connectivity index (χ4n) is 8.65. The van der Waals surface area contributed by atoms with Gasteiger partial charge in [-0.3, -0.25) is 0 Å². The molecule has 1 unspecified atom stereocenters. The van der Waals surface area contributed by atoms with E-state index in [-0.39, 0.29) is 0 Å². The summed E-state index contributed by atoms with van der Waals surface area (Å²) in [5, 5.41) is 2.40. The zero-order chi connectivity index (χ0) is 38.3. The van der Waals surface area contributed by atoms with E-state index >= 15 is 0 Å². The first kappa shape index (κ1) is 34.1. The third-order valence-electron chi connectivity index (χ3n) is 11.2. The molecule has 9 aromatic rings. The van der Waals surface area contributed by atoms with E-state index in [0.717, 1.165) is 39.0 Å². The lowest BCUT2D eigenvalue weighted by molar-refractivity contribution is 0.771. The largest absolute Gasteiger partial charge is 0.309 e. The highest BCUT2D eigenvalue weighted by molar-refractivity contribution is 6.12. The fraction of sp³-hybridized carbons (Fsp3) is 0.0377. The second-order valence-corrected chi connectivity index (χ2v) is 14.4. The molecule has 0 amide bonds. The number of benzene rings is 7. The summed E-state index contributed by atoms with van der Waals surface area (Å²) in [7, 11) is 0. The smallest absolute Gasteiger partial charge is 0.164 e. The molecule has 57 heavy (non-hydrogen) atoms. The van der Waals surface area contributed by atoms with Crippen LogP contribution in [-0.2, 0) is 5.41 Å². The molecule has 2 aromatic heterocycles. The molecule has 7 aromatic carbocycles. The van der Waals surface area contributed by atoms with Gasteiger partial charge in [0.05, 0.1) is 16.4 Å². The average Bonchev–Trinajstić information content (AvgIpc) is 3.76. The van der Waals surface area contributed by atoms with Crippen LogP contribution in [0.3, 0.4) is 0 Å². The van der Waals surface area contributed by atoms with Gasteiger partial charge in [0.15, 0.2) is 17.5 Å². The summed E-state index contributed by atoms with van der Waals surface area (Å²) in [5.41, 5.74) is 12.8. The molecule has 0 bridgehead atoms. The van der Waals surface area contributed by atoms with Crippen LogP contribution in [0.25, 0.3) is 72.8 Å². The van der Waals surface area contributed by atoms with Crippen molar-refractivity contribution >= 4 is 21.8 Å². The maximum absolute atomic E-state index is 4.98. The summed E-state index contributed by atoms with van der Waals surface area (Å²) in [6.45, 7) is 6.83. The number of allylic oxidation sites excluding steroid dienone is 5. The third-order valence-corrected chi connectivity index (χ3v) is 11.2. The molecule has 0 saturated heterocycles. The van der Waals surface area contributed by atoms with E-state index in [2.05, 4.69) is 144 Å². The van der Waals surface area contributed by atoms with E-state index in [1.807, 2.05) is 67.6 Å². The molecule has 0 radical (unpaired) electrons. The van der Waals surface area contributed by atoms with Crippen LogP contribution in [0.4, 0.5) is 0 Å². The lowest BCUT2D eigenvalue weighted by Crippen LogP contribution is -2.28. The molecule has 0 fully saturated rings. The summed E-state index contributed by atoms with van der Waals surface area (Å²) in [6.07, 6.45) is 8.39. The lowest BCUT2D eigenvalue weighted by Gasteiger charge is -2.34. The minimum atomic E-state index is -0.563. The molecule has 270 valence electrons. The minimum Gasteiger partial charge on any atom is -0.309 e. The van der Waals surface area contributed by atoms with Gasteiger partial charge in [0.2, 0.25) is 0 Å². The Bertz CT molecular complexity index is 2960. The molecule has 0 spiro atoms. The van der Waals surface area contributed by atoms with Crippen LogP contribution in [0.1, 0.15) is 23.6 Å². The van der Waals surface area contributed by atoms with Crippen molar-refractivity contribution in [3.8, 4) is 51.0 Å². The van der Waals surface area contributed by atoms with Gasteiger partial charge in [-0.15, -0.1) is 0 Å². The molecule has 1 atom stereocenters. The Hall–Kier alpha value is -7.43. The Balaban J connectivity index is 1.16. The van der Waals surface area contributed by atoms with E-state index < -0.39 is 5.41 Å². The number of hydrogen-bond donors (Lipinski definition) is 0. The van der Waals surface area contributed by atoms with Crippen LogP contribution < -0.4 is 0 Å². The van der Waals surface area contributed by atoms with Gasteiger partial charge in [-0.1, -0.05) is 164 Å². The minimum absolute atomic E-state index is 0.563. The van der Waals surface area contributed by atoms with Crippen molar-refractivity contribution in [1.29, 1.82) is 0 Å². The van der Waals surface area contributed by atoms with Crippen molar-refractivity contribution in [2.45, 2.75) is 12.3 Å². The number of para-hydroxylation sites is 1. The monoisotopic (exact) mass is 730 g/mol. The van der Waals surface area contributed by atoms with Crippen molar-refractivity contribution in [3.63, 3.8) is 0 Å². The van der Waals surface area contributed by atoms with Crippen molar-refractivity contribution in [3.05, 3.63) is 229 Å². The highest BCUT2D eigenvalue weighted by Gasteiger charge is 2.46. The quantitative estimate of drug-likeness (QED) is 0.146. The van der Waals surface area contributed by atoms with E-state index in [4.69, 9.17) is 21.5 Å². The number of nitrogens with zero attached hydrogens (tertiary/aromatic N) is 4. The van der Waals surface area contributed by atoms with Gasteiger partial charge in [0.25, 0.3) is 0 Å². The van der Waals surface area contributed by atoms with Gasteiger partial charge in [-0.25, -0.2) is 15.0 Å². The van der Waals surface area contributed by atoms with Crippen LogP contribution in [0.2, 0.25) is 0 Å². The van der Waals surface area contributed by atoms with Gasteiger partial charge >= 0.3 is 0 Å². The van der Waals surface area contributed by atoms with E-state index in [9.17, 15) is 0 Å². The summed E-state index contributed by atoms with van der Waals surface area (Å²) in [6, 6.07) is 62.0. The summed E-state index contributed by atoms with van der Waals surface area (Å²) in [4.78, 5) is 14.9. The van der Waals surface area contributed by atoms with Crippen LogP contribution in [-0.4, -0.2) is 19.5 Å². The highest BCUT2D eigenvalue weighted by Crippen LogP contribution is 2.57. The molecule has 1 aliphatic rings. The maximum Gasteiger partial charge on any atom is 0.164 e. The van der Waals surface area contributed by atoms with Gasteiger partial charge < -0.3 is 4.57 Å². The predicted octanol–water partition coefficient (Wildman–Crippen LogP) is 13.0. The molecule has 0 saturated carbocycles. The summed E-state index contributed by atoms with van der Waals surface area (Å²) < 4.78 is 2.39. The number of rotatable bonds is 8. The van der Waals surface area contributed by atoms with Gasteiger partial charge in [0, 0.05) is 33.2 Å². The van der Waals surface area contributed by atoms with Crippen molar-refractivity contribution in [2.75, 3.05) is 0 Å². The number of hydrogen-bond acceptors (Lipinski definition) is 3. The van der Waals surface area contributed by atoms with E-state index in [0.29, 0.717) is 17.5 Å². The summed E-state index contributed by atoms with van der Waals surface area (Å²) >= 11 is 0. The Morgan fingerprint density at radius 3 is 1.72 bits per heavy atom. The van der Waals surface area contributed by atoms with E-state index in [1.54, 1.807) is 0 Å². The summed E-state index contributed by atoms with van der Waals surface area (Å²) in [5.74, 6) is 1.92. The zero-order valence-corrected chi connectivity index (χ0v) is 31.5. The lowest BCUT2D eigenvalue weighted by atomic mass is 9.67. The third kappa shape index (κ3) is 5.57. The number of aromatic nitrogens is 4. The Labute approximate surface area is 332 Å². The first-order valence-corrected chi connectivity index (χ1v) is 19.3. The van der Waals surface area contributed by atoms with Crippen molar-refractivity contribution in [2.24, 2.45) is 0 Å². The molecule has 10 rings (SSSR count). The van der Waals surface area contributed by atoms with Gasteiger partial charge in [-0.2, -0.15) is 0 Å². The molecular formula is C53H38N4. The van der Waals surface area contributed by atoms with Crippen molar-refractivity contribution in [1.82, 2.24) is 19.5 Å². The Morgan fingerprint density at radius 2 is 1.07 bits per heavy atom. The molecule has 2 heterocycles. The van der Waals surface area contributed by atoms with Crippen LogP contribution in [0, 0.1) is 0 Å². The molecule has 4 nitrogen and oxygen atoms in total. The highest BCUT2D eigenvalue weighted by atomic mass is 15.0. The second-order valence-electron chi connectivity index (χ2n) is 14.4. The molecular weight excluding hydrogens is 693 g/mol. The molecule has 1 aliphatic carbocycles. The normalized spacial score (nSPS) is 14.8. The van der Waals surface area contributed by atoms with Crippen LogP contribution in [0.5, 0.6) is 0 Å². The standard InChI is InChI=1S/C53H38N4/c1-3-4-8-19-36(2)53(40-24-13-7-14-25-40)46-28-17-15-26-42(46)44-35-49-45(34-47(44)53)43-27-16-18-29-48(43)57(49)41-32-30-39(31-33-41)52-55-50(37-20-9-5-10-21-37)54-51(56-52)38-22-11-6-12-23-38/h3-35H,2H2,1H3/b4-3-,19-8-. The predicted molar refractivity (Wildman–Crippen MR) is 235 cm³/mol. The Morgan fingerprint density at radius 1 is 0.509 bits per heavy atom. The second kappa shape index (κ2) is 14.0. The van der Waals surface area contributed by atoms with Crippen molar-refractivity contribution < 1.29 is 0 Å². The first-order valence-electron chi connectivity index (χ1n) is 19.3. The molecule has 0 aliphatic heterocycles. The van der Waals surface area contributed by atoms with Gasteiger partial charge in [0.1, 0.15) is 0 Å². The van der Waals surface area contributed by atoms with E-state index in [1.165, 1.54) is 38.6 Å². The van der Waals surface area contributed by atoms with Gasteiger partial charge in [-0.05, 0) is 82.8 Å². The Kier molecular flexibility index (Phi) is 8.38. The zero-order valence-electron chi connectivity index (χ0n) is 31.5. The SMILES string of the molecule is C=C(/C=C\C=C/C)C1(c2ccccc2)c2ccccc2-c2cc3c(cc21)c1ccccc1n3-c1ccc(-c2nc(-c3ccccc3)nc(-c3ccccc3)n2)cc1.